The number of nitrogens with two attached hydrogens (primary N) is 1. The van der Waals surface area contributed by atoms with Crippen molar-refractivity contribution >= 4 is 5.91 Å². The smallest absolute Gasteiger partial charge is 0.222 e. The minimum absolute atomic E-state index is 0.123. The largest absolute Gasteiger partial charge is 0.356 e. The van der Waals surface area contributed by atoms with E-state index in [0.717, 1.165) is 31.7 Å². The van der Waals surface area contributed by atoms with Gasteiger partial charge in [-0.05, 0) is 38.0 Å². The first-order chi connectivity index (χ1) is 9.00. The molecule has 112 valence electrons. The van der Waals surface area contributed by atoms with E-state index in [1.54, 1.807) is 0 Å². The van der Waals surface area contributed by atoms with E-state index in [1.165, 1.54) is 25.7 Å². The summed E-state index contributed by atoms with van der Waals surface area (Å²) in [4.78, 5) is 12.0. The number of carbonyl (C=O) groups excluding carboxylic acids is 1. The molecule has 0 spiro atoms. The summed E-state index contributed by atoms with van der Waals surface area (Å²) in [7, 11) is 0. The second-order valence-corrected chi connectivity index (χ2v) is 6.58. The van der Waals surface area contributed by atoms with Gasteiger partial charge in [0.15, 0.2) is 0 Å². The van der Waals surface area contributed by atoms with E-state index >= 15 is 0 Å². The van der Waals surface area contributed by atoms with Gasteiger partial charge in [0.1, 0.15) is 0 Å². The molecule has 3 nitrogen and oxygen atoms in total. The van der Waals surface area contributed by atoms with E-state index in [2.05, 4.69) is 12.2 Å². The Kier molecular flexibility index (Phi) is 7.44. The van der Waals surface area contributed by atoms with Crippen LogP contribution in [0.4, 0.5) is 0 Å². The second-order valence-electron chi connectivity index (χ2n) is 6.58. The van der Waals surface area contributed by atoms with Crippen LogP contribution in [-0.4, -0.2) is 18.5 Å². The molecule has 1 amide bonds. The topological polar surface area (TPSA) is 55.1 Å². The molecule has 0 aromatic carbocycles. The van der Waals surface area contributed by atoms with Crippen LogP contribution >= 0.6 is 0 Å². The van der Waals surface area contributed by atoms with Gasteiger partial charge < -0.3 is 11.1 Å². The van der Waals surface area contributed by atoms with Crippen molar-refractivity contribution in [2.24, 2.45) is 23.5 Å². The summed E-state index contributed by atoms with van der Waals surface area (Å²) in [6.07, 6.45) is 8.30. The first kappa shape index (κ1) is 16.5. The predicted molar refractivity (Wildman–Crippen MR) is 80.8 cm³/mol. The Morgan fingerprint density at radius 3 is 2.58 bits per heavy atom. The molecule has 3 heteroatoms. The molecule has 1 rings (SSSR count). The Bertz CT molecular complexity index is 265. The molecule has 0 aromatic rings. The molecule has 0 heterocycles. The van der Waals surface area contributed by atoms with Crippen molar-refractivity contribution in [3.63, 3.8) is 0 Å². The van der Waals surface area contributed by atoms with Gasteiger partial charge in [0.05, 0.1) is 0 Å². The standard InChI is InChI=1S/C16H32N2O/c1-12-7-4-5-10-15(12)11-18-16(19)13(2)8-6-9-14(3)17/h12-15H,4-11,17H2,1-3H3,(H,18,19). The maximum Gasteiger partial charge on any atom is 0.222 e. The average molecular weight is 268 g/mol. The fraction of sp³-hybridized carbons (Fsp3) is 0.938. The fourth-order valence-corrected chi connectivity index (χ4v) is 2.98. The lowest BCUT2D eigenvalue weighted by atomic mass is 9.80. The van der Waals surface area contributed by atoms with E-state index < -0.39 is 0 Å². The van der Waals surface area contributed by atoms with Crippen molar-refractivity contribution in [2.75, 3.05) is 6.54 Å². The minimum atomic E-state index is 0.123. The molecule has 0 bridgehead atoms. The molecule has 0 radical (unpaired) electrons. The lowest BCUT2D eigenvalue weighted by Gasteiger charge is -2.29. The molecule has 3 N–H and O–H groups in total. The van der Waals surface area contributed by atoms with Crippen molar-refractivity contribution in [1.82, 2.24) is 5.32 Å². The summed E-state index contributed by atoms with van der Waals surface area (Å²) in [6.45, 7) is 7.25. The van der Waals surface area contributed by atoms with Crippen molar-refractivity contribution in [3.8, 4) is 0 Å². The molecule has 1 fully saturated rings. The highest BCUT2D eigenvalue weighted by molar-refractivity contribution is 5.78. The quantitative estimate of drug-likeness (QED) is 0.745. The molecule has 1 saturated carbocycles. The maximum atomic E-state index is 12.0. The molecular formula is C16H32N2O. The molecular weight excluding hydrogens is 236 g/mol. The Morgan fingerprint density at radius 2 is 1.95 bits per heavy atom. The number of amides is 1. The van der Waals surface area contributed by atoms with Gasteiger partial charge in [0.25, 0.3) is 0 Å². The van der Waals surface area contributed by atoms with Gasteiger partial charge in [-0.1, -0.05) is 39.5 Å². The first-order valence-electron chi connectivity index (χ1n) is 8.04. The van der Waals surface area contributed by atoms with Gasteiger partial charge in [-0.25, -0.2) is 0 Å². The van der Waals surface area contributed by atoms with Crippen LogP contribution in [0.1, 0.15) is 65.7 Å². The van der Waals surface area contributed by atoms with Gasteiger partial charge in [0, 0.05) is 18.5 Å². The van der Waals surface area contributed by atoms with E-state index in [9.17, 15) is 4.79 Å². The highest BCUT2D eigenvalue weighted by Gasteiger charge is 2.22. The van der Waals surface area contributed by atoms with Crippen molar-refractivity contribution in [3.05, 3.63) is 0 Å². The Labute approximate surface area is 118 Å². The fourth-order valence-electron chi connectivity index (χ4n) is 2.98. The van der Waals surface area contributed by atoms with Crippen LogP contribution < -0.4 is 11.1 Å². The van der Waals surface area contributed by atoms with Crippen LogP contribution in [0.15, 0.2) is 0 Å². The van der Waals surface area contributed by atoms with E-state index in [1.807, 2.05) is 13.8 Å². The van der Waals surface area contributed by atoms with E-state index in [0.29, 0.717) is 5.92 Å². The third-order valence-corrected chi connectivity index (χ3v) is 4.57. The van der Waals surface area contributed by atoms with Crippen LogP contribution in [0, 0.1) is 17.8 Å². The maximum absolute atomic E-state index is 12.0. The zero-order valence-electron chi connectivity index (χ0n) is 13.0. The van der Waals surface area contributed by atoms with Crippen LogP contribution in [0.25, 0.3) is 0 Å². The van der Waals surface area contributed by atoms with Crippen LogP contribution in [0.3, 0.4) is 0 Å². The Morgan fingerprint density at radius 1 is 1.26 bits per heavy atom. The molecule has 0 aromatic heterocycles. The zero-order valence-corrected chi connectivity index (χ0v) is 13.0. The number of hydrogen-bond acceptors (Lipinski definition) is 2. The molecule has 4 atom stereocenters. The predicted octanol–water partition coefficient (Wildman–Crippen LogP) is 3.08. The van der Waals surface area contributed by atoms with E-state index in [-0.39, 0.29) is 17.9 Å². The lowest BCUT2D eigenvalue weighted by molar-refractivity contribution is -0.125. The first-order valence-corrected chi connectivity index (χ1v) is 8.04. The van der Waals surface area contributed by atoms with Crippen LogP contribution in [0.5, 0.6) is 0 Å². The van der Waals surface area contributed by atoms with Crippen molar-refractivity contribution < 1.29 is 4.79 Å². The third kappa shape index (κ3) is 6.42. The minimum Gasteiger partial charge on any atom is -0.356 e. The zero-order chi connectivity index (χ0) is 14.3. The summed E-state index contributed by atoms with van der Waals surface area (Å²) < 4.78 is 0. The molecule has 4 unspecified atom stereocenters. The summed E-state index contributed by atoms with van der Waals surface area (Å²) in [6, 6.07) is 0.248. The summed E-state index contributed by atoms with van der Waals surface area (Å²) in [5, 5.41) is 3.15. The molecule has 0 aliphatic heterocycles. The average Bonchev–Trinajstić information content (AvgIpc) is 2.36. The van der Waals surface area contributed by atoms with Gasteiger partial charge in [-0.3, -0.25) is 4.79 Å². The summed E-state index contributed by atoms with van der Waals surface area (Å²) >= 11 is 0. The molecule has 0 saturated heterocycles. The van der Waals surface area contributed by atoms with Crippen molar-refractivity contribution in [2.45, 2.75) is 71.8 Å². The van der Waals surface area contributed by atoms with Gasteiger partial charge >= 0.3 is 0 Å². The molecule has 1 aliphatic carbocycles. The highest BCUT2D eigenvalue weighted by atomic mass is 16.1. The Balaban J connectivity index is 2.18. The normalized spacial score (nSPS) is 26.7. The van der Waals surface area contributed by atoms with Crippen LogP contribution in [0.2, 0.25) is 0 Å². The lowest BCUT2D eigenvalue weighted by Crippen LogP contribution is -2.36. The second kappa shape index (κ2) is 8.57. The molecule has 19 heavy (non-hydrogen) atoms. The monoisotopic (exact) mass is 268 g/mol. The number of rotatable bonds is 7. The summed E-state index contributed by atoms with van der Waals surface area (Å²) in [5.41, 5.74) is 5.73. The number of carbonyl (C=O) groups is 1. The Hall–Kier alpha value is -0.570. The van der Waals surface area contributed by atoms with Gasteiger partial charge in [0.2, 0.25) is 5.91 Å². The highest BCUT2D eigenvalue weighted by Crippen LogP contribution is 2.28. The van der Waals surface area contributed by atoms with Gasteiger partial charge in [-0.2, -0.15) is 0 Å². The SMILES string of the molecule is CC(N)CCCC(C)C(=O)NCC1CCCCC1C. The van der Waals surface area contributed by atoms with Gasteiger partial charge in [-0.15, -0.1) is 0 Å². The number of hydrogen-bond donors (Lipinski definition) is 2. The number of nitrogens with one attached hydrogen (secondary N) is 1. The molecule has 1 aliphatic rings. The van der Waals surface area contributed by atoms with Crippen LogP contribution in [-0.2, 0) is 4.79 Å². The van der Waals surface area contributed by atoms with E-state index in [4.69, 9.17) is 5.73 Å². The summed E-state index contributed by atoms with van der Waals surface area (Å²) in [5.74, 6) is 1.80. The van der Waals surface area contributed by atoms with Crippen molar-refractivity contribution in [1.29, 1.82) is 0 Å². The third-order valence-electron chi connectivity index (χ3n) is 4.57.